The molecule has 1 amide bonds. The Morgan fingerprint density at radius 3 is 2.71 bits per heavy atom. The number of nitrogens with one attached hydrogen (secondary N) is 1. The van der Waals surface area contributed by atoms with Crippen molar-refractivity contribution < 1.29 is 9.59 Å². The summed E-state index contributed by atoms with van der Waals surface area (Å²) in [6, 6.07) is 0.829. The van der Waals surface area contributed by atoms with Crippen LogP contribution in [-0.4, -0.2) is 41.8 Å². The van der Waals surface area contributed by atoms with Crippen LogP contribution in [0.3, 0.4) is 0 Å². The number of hydrogen-bond donors (Lipinski definition) is 1. The van der Waals surface area contributed by atoms with Gasteiger partial charge in [0, 0.05) is 31.5 Å². The zero-order valence-electron chi connectivity index (χ0n) is 10.6. The van der Waals surface area contributed by atoms with Crippen LogP contribution < -0.4 is 5.32 Å². The number of rotatable bonds is 6. The van der Waals surface area contributed by atoms with Crippen molar-refractivity contribution in [3.63, 3.8) is 0 Å². The molecule has 2 fully saturated rings. The Morgan fingerprint density at radius 1 is 1.29 bits per heavy atom. The van der Waals surface area contributed by atoms with Gasteiger partial charge in [-0.3, -0.25) is 14.5 Å². The maximum atomic E-state index is 11.6. The van der Waals surface area contributed by atoms with Crippen molar-refractivity contribution >= 4 is 11.7 Å². The SMILES string of the molecule is CC(=O)CC1CCCN1CCC(=O)NC1CC1. The predicted molar refractivity (Wildman–Crippen MR) is 65.7 cm³/mol. The van der Waals surface area contributed by atoms with Gasteiger partial charge in [0.1, 0.15) is 5.78 Å². The van der Waals surface area contributed by atoms with Gasteiger partial charge < -0.3 is 5.32 Å². The second-order valence-electron chi connectivity index (χ2n) is 5.33. The summed E-state index contributed by atoms with van der Waals surface area (Å²) in [5, 5.41) is 3.00. The maximum Gasteiger partial charge on any atom is 0.221 e. The zero-order valence-corrected chi connectivity index (χ0v) is 10.6. The number of ketones is 1. The van der Waals surface area contributed by atoms with Gasteiger partial charge in [-0.25, -0.2) is 0 Å². The van der Waals surface area contributed by atoms with Crippen LogP contribution in [0.4, 0.5) is 0 Å². The van der Waals surface area contributed by atoms with Crippen LogP contribution in [0.15, 0.2) is 0 Å². The molecule has 1 N–H and O–H groups in total. The van der Waals surface area contributed by atoms with Gasteiger partial charge in [-0.15, -0.1) is 0 Å². The fourth-order valence-electron chi connectivity index (χ4n) is 2.53. The molecule has 2 rings (SSSR count). The normalized spacial score (nSPS) is 24.9. The standard InChI is InChI=1S/C13H22N2O2/c1-10(16)9-12-3-2-7-15(12)8-6-13(17)14-11-4-5-11/h11-12H,2-9H2,1H3,(H,14,17). The monoisotopic (exact) mass is 238 g/mol. The van der Waals surface area contributed by atoms with E-state index in [4.69, 9.17) is 0 Å². The molecule has 2 aliphatic rings. The summed E-state index contributed by atoms with van der Waals surface area (Å²) < 4.78 is 0. The van der Waals surface area contributed by atoms with E-state index in [0.29, 0.717) is 24.9 Å². The van der Waals surface area contributed by atoms with Gasteiger partial charge in [0.05, 0.1) is 0 Å². The highest BCUT2D eigenvalue weighted by molar-refractivity contribution is 5.77. The molecule has 1 heterocycles. The van der Waals surface area contributed by atoms with Gasteiger partial charge in [-0.05, 0) is 39.2 Å². The largest absolute Gasteiger partial charge is 0.353 e. The van der Waals surface area contributed by atoms with Crippen molar-refractivity contribution in [2.75, 3.05) is 13.1 Å². The Labute approximate surface area is 103 Å². The summed E-state index contributed by atoms with van der Waals surface area (Å²) in [7, 11) is 0. The van der Waals surface area contributed by atoms with E-state index in [1.165, 1.54) is 0 Å². The fourth-order valence-corrected chi connectivity index (χ4v) is 2.53. The van der Waals surface area contributed by atoms with Crippen molar-refractivity contribution in [2.45, 2.75) is 57.5 Å². The topological polar surface area (TPSA) is 49.4 Å². The zero-order chi connectivity index (χ0) is 12.3. The van der Waals surface area contributed by atoms with E-state index in [-0.39, 0.29) is 11.7 Å². The number of likely N-dealkylation sites (tertiary alicyclic amines) is 1. The van der Waals surface area contributed by atoms with Gasteiger partial charge in [0.2, 0.25) is 5.91 Å². The van der Waals surface area contributed by atoms with Crippen molar-refractivity contribution in [1.29, 1.82) is 0 Å². The highest BCUT2D eigenvalue weighted by Crippen LogP contribution is 2.21. The molecule has 0 aromatic heterocycles. The van der Waals surface area contributed by atoms with Crippen LogP contribution in [0, 0.1) is 0 Å². The van der Waals surface area contributed by atoms with Crippen molar-refractivity contribution in [3.8, 4) is 0 Å². The van der Waals surface area contributed by atoms with E-state index in [1.807, 2.05) is 0 Å². The van der Waals surface area contributed by atoms with E-state index >= 15 is 0 Å². The first-order valence-corrected chi connectivity index (χ1v) is 6.68. The highest BCUT2D eigenvalue weighted by Gasteiger charge is 2.27. The van der Waals surface area contributed by atoms with Crippen LogP contribution in [0.5, 0.6) is 0 Å². The average molecular weight is 238 g/mol. The molecule has 1 saturated carbocycles. The van der Waals surface area contributed by atoms with E-state index in [2.05, 4.69) is 10.2 Å². The molecule has 0 aromatic rings. The smallest absolute Gasteiger partial charge is 0.221 e. The molecule has 0 aromatic carbocycles. The summed E-state index contributed by atoms with van der Waals surface area (Å²) in [6.07, 6.45) is 5.76. The van der Waals surface area contributed by atoms with E-state index in [0.717, 1.165) is 38.8 Å². The molecule has 1 aliphatic heterocycles. The molecule has 0 bridgehead atoms. The lowest BCUT2D eigenvalue weighted by Gasteiger charge is -2.23. The molecule has 4 heteroatoms. The number of amides is 1. The summed E-state index contributed by atoms with van der Waals surface area (Å²) >= 11 is 0. The van der Waals surface area contributed by atoms with Crippen molar-refractivity contribution in [1.82, 2.24) is 10.2 Å². The van der Waals surface area contributed by atoms with Crippen LogP contribution in [-0.2, 0) is 9.59 Å². The van der Waals surface area contributed by atoms with E-state index in [1.54, 1.807) is 6.92 Å². The molecule has 1 saturated heterocycles. The van der Waals surface area contributed by atoms with Crippen LogP contribution in [0.2, 0.25) is 0 Å². The number of carbonyl (C=O) groups excluding carboxylic acids is 2. The first kappa shape index (κ1) is 12.6. The van der Waals surface area contributed by atoms with E-state index < -0.39 is 0 Å². The van der Waals surface area contributed by atoms with Gasteiger partial charge in [0.15, 0.2) is 0 Å². The molecule has 1 unspecified atom stereocenters. The van der Waals surface area contributed by atoms with Crippen LogP contribution in [0.1, 0.15) is 45.4 Å². The Bertz CT molecular complexity index is 300. The molecule has 1 aliphatic carbocycles. The lowest BCUT2D eigenvalue weighted by molar-refractivity contribution is -0.121. The average Bonchev–Trinajstić information content (AvgIpc) is 2.95. The Hall–Kier alpha value is -0.900. The van der Waals surface area contributed by atoms with Crippen molar-refractivity contribution in [3.05, 3.63) is 0 Å². The predicted octanol–water partition coefficient (Wildman–Crippen LogP) is 1.10. The first-order chi connectivity index (χ1) is 8.15. The Kier molecular flexibility index (Phi) is 4.15. The minimum atomic E-state index is 0.168. The number of carbonyl (C=O) groups is 2. The lowest BCUT2D eigenvalue weighted by atomic mass is 10.1. The molecule has 1 atom stereocenters. The third-order valence-corrected chi connectivity index (χ3v) is 3.59. The van der Waals surface area contributed by atoms with Crippen LogP contribution in [0.25, 0.3) is 0 Å². The molecular weight excluding hydrogens is 216 g/mol. The van der Waals surface area contributed by atoms with Gasteiger partial charge >= 0.3 is 0 Å². The second kappa shape index (κ2) is 5.63. The van der Waals surface area contributed by atoms with Crippen molar-refractivity contribution in [2.24, 2.45) is 0 Å². The molecule has 4 nitrogen and oxygen atoms in total. The summed E-state index contributed by atoms with van der Waals surface area (Å²) in [4.78, 5) is 25.0. The summed E-state index contributed by atoms with van der Waals surface area (Å²) in [5.41, 5.74) is 0. The minimum absolute atomic E-state index is 0.168. The third-order valence-electron chi connectivity index (χ3n) is 3.59. The molecule has 17 heavy (non-hydrogen) atoms. The first-order valence-electron chi connectivity index (χ1n) is 6.68. The minimum Gasteiger partial charge on any atom is -0.353 e. The van der Waals surface area contributed by atoms with E-state index in [9.17, 15) is 9.59 Å². The quantitative estimate of drug-likeness (QED) is 0.754. The maximum absolute atomic E-state index is 11.6. The van der Waals surface area contributed by atoms with Gasteiger partial charge in [-0.1, -0.05) is 0 Å². The third kappa shape index (κ3) is 4.11. The van der Waals surface area contributed by atoms with Crippen LogP contribution >= 0.6 is 0 Å². The van der Waals surface area contributed by atoms with Gasteiger partial charge in [-0.2, -0.15) is 0 Å². The fraction of sp³-hybridized carbons (Fsp3) is 0.846. The molecular formula is C13H22N2O2. The Balaban J connectivity index is 1.69. The molecule has 0 spiro atoms. The molecule has 96 valence electrons. The van der Waals surface area contributed by atoms with Gasteiger partial charge in [0.25, 0.3) is 0 Å². The lowest BCUT2D eigenvalue weighted by Crippen LogP contribution is -2.35. The number of Topliss-reactive ketones (excluding diaryl/α,β-unsaturated/α-hetero) is 1. The number of hydrogen-bond acceptors (Lipinski definition) is 3. The summed E-state index contributed by atoms with van der Waals surface area (Å²) in [6.45, 7) is 3.49. The number of nitrogens with zero attached hydrogens (tertiary/aromatic N) is 1. The Morgan fingerprint density at radius 2 is 2.06 bits per heavy atom. The second-order valence-corrected chi connectivity index (χ2v) is 5.33. The summed E-state index contributed by atoms with van der Waals surface area (Å²) in [5.74, 6) is 0.422. The highest BCUT2D eigenvalue weighted by atomic mass is 16.1. The molecule has 0 radical (unpaired) electrons.